The lowest BCUT2D eigenvalue weighted by Gasteiger charge is -2.08. The molecule has 30 heavy (non-hydrogen) atoms. The van der Waals surface area contributed by atoms with Crippen LogP contribution in [0.5, 0.6) is 5.75 Å². The number of hydrogen-bond donors (Lipinski definition) is 1. The van der Waals surface area contributed by atoms with Gasteiger partial charge in [0.05, 0.1) is 85.7 Å². The number of para-hydroxylation sites is 1. The summed E-state index contributed by atoms with van der Waals surface area (Å²) in [5, 5.41) is 8.44. The largest absolute Gasteiger partial charge is 0.491 e. The van der Waals surface area contributed by atoms with E-state index in [-0.39, 0.29) is 13.0 Å². The van der Waals surface area contributed by atoms with Crippen molar-refractivity contribution in [3.05, 3.63) is 30.3 Å². The smallest absolute Gasteiger partial charge is 0.305 e. The van der Waals surface area contributed by atoms with Crippen LogP contribution in [0, 0.1) is 0 Å². The molecule has 0 saturated carbocycles. The van der Waals surface area contributed by atoms with E-state index in [0.717, 1.165) is 5.75 Å². The van der Waals surface area contributed by atoms with E-state index < -0.39 is 5.97 Å². The second kappa shape index (κ2) is 20.5. The van der Waals surface area contributed by atoms with E-state index in [4.69, 9.17) is 38.3 Å². The van der Waals surface area contributed by atoms with E-state index in [1.54, 1.807) is 0 Å². The molecule has 1 N–H and O–H groups in total. The maximum absolute atomic E-state index is 10.3. The van der Waals surface area contributed by atoms with Crippen molar-refractivity contribution in [3.63, 3.8) is 0 Å². The number of carboxylic acids is 1. The second-order valence-electron chi connectivity index (χ2n) is 5.98. The molecule has 0 heterocycles. The Kier molecular flexibility index (Phi) is 18.0. The molecule has 0 amide bonds. The zero-order valence-corrected chi connectivity index (χ0v) is 17.5. The number of ether oxygens (including phenoxy) is 7. The molecule has 1 aromatic carbocycles. The Labute approximate surface area is 178 Å². The van der Waals surface area contributed by atoms with Gasteiger partial charge in [0.25, 0.3) is 0 Å². The fraction of sp³-hybridized carbons (Fsp3) is 0.667. The second-order valence-corrected chi connectivity index (χ2v) is 5.98. The van der Waals surface area contributed by atoms with Crippen LogP contribution >= 0.6 is 0 Å². The van der Waals surface area contributed by atoms with Gasteiger partial charge in [-0.1, -0.05) is 18.2 Å². The summed E-state index contributed by atoms with van der Waals surface area (Å²) in [6, 6.07) is 9.63. The van der Waals surface area contributed by atoms with E-state index in [1.165, 1.54) is 0 Å². The molecule has 1 aromatic rings. The van der Waals surface area contributed by atoms with Crippen molar-refractivity contribution in [1.29, 1.82) is 0 Å². The highest BCUT2D eigenvalue weighted by Gasteiger charge is 1.97. The standard InChI is InChI=1S/C21H34O9/c22-21(23)6-7-24-8-9-25-10-11-26-12-13-27-14-15-28-16-17-29-18-19-30-20-4-2-1-3-5-20/h1-5H,6-19H2,(H,22,23). The Morgan fingerprint density at radius 3 is 1.33 bits per heavy atom. The van der Waals surface area contributed by atoms with Crippen LogP contribution in [0.1, 0.15) is 6.42 Å². The van der Waals surface area contributed by atoms with Gasteiger partial charge in [0.1, 0.15) is 12.4 Å². The van der Waals surface area contributed by atoms with Crippen LogP contribution in [0.15, 0.2) is 30.3 Å². The van der Waals surface area contributed by atoms with Crippen molar-refractivity contribution in [2.75, 3.05) is 85.9 Å². The molecular formula is C21H34O9. The van der Waals surface area contributed by atoms with Crippen LogP contribution in [0.4, 0.5) is 0 Å². The molecule has 0 unspecified atom stereocenters. The summed E-state index contributed by atoms with van der Waals surface area (Å²) >= 11 is 0. The Morgan fingerprint density at radius 2 is 0.933 bits per heavy atom. The Morgan fingerprint density at radius 1 is 0.567 bits per heavy atom. The highest BCUT2D eigenvalue weighted by molar-refractivity contribution is 5.66. The number of rotatable bonds is 22. The van der Waals surface area contributed by atoms with Gasteiger partial charge in [-0.3, -0.25) is 4.79 Å². The normalized spacial score (nSPS) is 10.9. The third kappa shape index (κ3) is 18.3. The van der Waals surface area contributed by atoms with Crippen molar-refractivity contribution in [3.8, 4) is 5.75 Å². The molecule has 0 aliphatic heterocycles. The number of aliphatic carboxylic acids is 1. The topological polar surface area (TPSA) is 102 Å². The van der Waals surface area contributed by atoms with Gasteiger partial charge < -0.3 is 38.3 Å². The summed E-state index contributed by atoms with van der Waals surface area (Å²) in [4.78, 5) is 10.3. The van der Waals surface area contributed by atoms with Gasteiger partial charge in [-0.2, -0.15) is 0 Å². The van der Waals surface area contributed by atoms with Crippen molar-refractivity contribution in [2.24, 2.45) is 0 Å². The maximum Gasteiger partial charge on any atom is 0.305 e. The fourth-order valence-corrected chi connectivity index (χ4v) is 2.10. The van der Waals surface area contributed by atoms with Gasteiger partial charge in [-0.15, -0.1) is 0 Å². The van der Waals surface area contributed by atoms with Crippen LogP contribution in [-0.2, 0) is 33.2 Å². The monoisotopic (exact) mass is 430 g/mol. The summed E-state index contributed by atoms with van der Waals surface area (Å²) < 4.78 is 37.5. The zero-order chi connectivity index (χ0) is 21.5. The highest BCUT2D eigenvalue weighted by Crippen LogP contribution is 2.07. The number of benzene rings is 1. The minimum atomic E-state index is -0.868. The lowest BCUT2D eigenvalue weighted by molar-refractivity contribution is -0.138. The summed E-state index contributed by atoms with van der Waals surface area (Å²) in [5.74, 6) is -0.0293. The summed E-state index contributed by atoms with van der Waals surface area (Å²) in [7, 11) is 0. The average molecular weight is 430 g/mol. The third-order valence-corrected chi connectivity index (χ3v) is 3.56. The van der Waals surface area contributed by atoms with Gasteiger partial charge in [-0.05, 0) is 12.1 Å². The molecule has 1 rings (SSSR count). The van der Waals surface area contributed by atoms with Crippen LogP contribution in [0.3, 0.4) is 0 Å². The molecule has 0 atom stereocenters. The Balaban J connectivity index is 1.67. The first-order valence-corrected chi connectivity index (χ1v) is 10.1. The van der Waals surface area contributed by atoms with E-state index in [1.807, 2.05) is 30.3 Å². The van der Waals surface area contributed by atoms with E-state index in [2.05, 4.69) is 0 Å². The molecule has 0 aromatic heterocycles. The van der Waals surface area contributed by atoms with Gasteiger partial charge in [0.15, 0.2) is 0 Å². The molecule has 0 fully saturated rings. The molecular weight excluding hydrogens is 396 g/mol. The third-order valence-electron chi connectivity index (χ3n) is 3.56. The molecule has 0 spiro atoms. The van der Waals surface area contributed by atoms with Crippen molar-refractivity contribution >= 4 is 5.97 Å². The number of carbonyl (C=O) groups is 1. The van der Waals surface area contributed by atoms with Crippen molar-refractivity contribution in [2.45, 2.75) is 6.42 Å². The van der Waals surface area contributed by atoms with Crippen molar-refractivity contribution < 1.29 is 43.1 Å². The summed E-state index contributed by atoms with van der Waals surface area (Å²) in [6.07, 6.45) is 0.00650. The average Bonchev–Trinajstić information content (AvgIpc) is 2.75. The van der Waals surface area contributed by atoms with E-state index in [9.17, 15) is 4.79 Å². The van der Waals surface area contributed by atoms with Gasteiger partial charge in [-0.25, -0.2) is 0 Å². The predicted molar refractivity (Wildman–Crippen MR) is 109 cm³/mol. The van der Waals surface area contributed by atoms with Crippen LogP contribution in [0.2, 0.25) is 0 Å². The summed E-state index contributed by atoms with van der Waals surface area (Å²) in [5.41, 5.74) is 0. The first kappa shape index (κ1) is 26.3. The van der Waals surface area contributed by atoms with Gasteiger partial charge in [0.2, 0.25) is 0 Å². The molecule has 9 nitrogen and oxygen atoms in total. The van der Waals surface area contributed by atoms with Crippen LogP contribution in [-0.4, -0.2) is 97.0 Å². The van der Waals surface area contributed by atoms with Crippen molar-refractivity contribution in [1.82, 2.24) is 0 Å². The van der Waals surface area contributed by atoms with E-state index >= 15 is 0 Å². The molecule has 0 aliphatic rings. The number of carboxylic acid groups (broad SMARTS) is 1. The first-order chi connectivity index (χ1) is 14.8. The fourth-order valence-electron chi connectivity index (χ4n) is 2.10. The minimum absolute atomic E-state index is 0.00650. The molecule has 172 valence electrons. The highest BCUT2D eigenvalue weighted by atomic mass is 16.6. The molecule has 0 aliphatic carbocycles. The minimum Gasteiger partial charge on any atom is -0.491 e. The van der Waals surface area contributed by atoms with Gasteiger partial charge >= 0.3 is 5.97 Å². The van der Waals surface area contributed by atoms with Crippen LogP contribution in [0.25, 0.3) is 0 Å². The number of hydrogen-bond acceptors (Lipinski definition) is 8. The lowest BCUT2D eigenvalue weighted by Crippen LogP contribution is -2.15. The predicted octanol–water partition coefficient (Wildman–Crippen LogP) is 1.64. The molecule has 0 saturated heterocycles. The first-order valence-electron chi connectivity index (χ1n) is 10.1. The molecule has 0 bridgehead atoms. The summed E-state index contributed by atoms with van der Waals surface area (Å²) in [6.45, 7) is 6.00. The van der Waals surface area contributed by atoms with E-state index in [0.29, 0.717) is 79.3 Å². The lowest BCUT2D eigenvalue weighted by atomic mass is 10.3. The zero-order valence-electron chi connectivity index (χ0n) is 17.5. The maximum atomic E-state index is 10.3. The quantitative estimate of drug-likeness (QED) is 0.275. The Bertz CT molecular complexity index is 499. The molecule has 9 heteroatoms. The van der Waals surface area contributed by atoms with Crippen LogP contribution < -0.4 is 4.74 Å². The molecule has 0 radical (unpaired) electrons. The van der Waals surface area contributed by atoms with Gasteiger partial charge in [0, 0.05) is 0 Å². The Hall–Kier alpha value is -1.75. The SMILES string of the molecule is O=C(O)CCOCCOCCOCCOCCOCCOCCOc1ccccc1.